The Labute approximate surface area is 103 Å². The standard InChI is InChI=1S/C12H9ClN4/c13-9-4-2-1-3-8(9)10-7-11(14)16-12-5-6-15-17(10)12/h1-7H,(H2,14,16). The van der Waals surface area contributed by atoms with Crippen LogP contribution in [0.2, 0.25) is 5.02 Å². The van der Waals surface area contributed by atoms with Crippen molar-refractivity contribution in [3.05, 3.63) is 47.6 Å². The molecule has 3 rings (SSSR count). The van der Waals surface area contributed by atoms with E-state index in [1.165, 1.54) is 0 Å². The minimum atomic E-state index is 0.452. The molecular formula is C12H9ClN4. The van der Waals surface area contributed by atoms with Crippen molar-refractivity contribution in [3.63, 3.8) is 0 Å². The zero-order valence-corrected chi connectivity index (χ0v) is 9.59. The summed E-state index contributed by atoms with van der Waals surface area (Å²) in [5.41, 5.74) is 8.21. The van der Waals surface area contributed by atoms with E-state index < -0.39 is 0 Å². The molecule has 0 bridgehead atoms. The van der Waals surface area contributed by atoms with Crippen LogP contribution in [-0.4, -0.2) is 14.6 Å². The number of aromatic nitrogens is 3. The molecule has 3 aromatic rings. The highest BCUT2D eigenvalue weighted by Gasteiger charge is 2.09. The summed E-state index contributed by atoms with van der Waals surface area (Å²) in [6.07, 6.45) is 1.68. The molecule has 2 heterocycles. The lowest BCUT2D eigenvalue weighted by atomic mass is 10.1. The summed E-state index contributed by atoms with van der Waals surface area (Å²) in [4.78, 5) is 4.19. The number of nitrogens with zero attached hydrogens (tertiary/aromatic N) is 3. The number of hydrogen-bond acceptors (Lipinski definition) is 3. The molecule has 5 heteroatoms. The molecule has 2 aromatic heterocycles. The van der Waals surface area contributed by atoms with Crippen LogP contribution in [-0.2, 0) is 0 Å². The van der Waals surface area contributed by atoms with Crippen molar-refractivity contribution >= 4 is 23.1 Å². The van der Waals surface area contributed by atoms with E-state index in [1.807, 2.05) is 24.3 Å². The van der Waals surface area contributed by atoms with Crippen molar-refractivity contribution in [2.75, 3.05) is 5.73 Å². The lowest BCUT2D eigenvalue weighted by Gasteiger charge is -2.07. The van der Waals surface area contributed by atoms with Gasteiger partial charge in [-0.25, -0.2) is 9.50 Å². The Kier molecular flexibility index (Phi) is 2.23. The van der Waals surface area contributed by atoms with Crippen LogP contribution in [0.1, 0.15) is 0 Å². The summed E-state index contributed by atoms with van der Waals surface area (Å²) in [7, 11) is 0. The Balaban J connectivity index is 2.37. The van der Waals surface area contributed by atoms with E-state index in [0.717, 1.165) is 11.3 Å². The van der Waals surface area contributed by atoms with Gasteiger partial charge in [0.1, 0.15) is 5.82 Å². The lowest BCUT2D eigenvalue weighted by molar-refractivity contribution is 0.950. The van der Waals surface area contributed by atoms with Crippen LogP contribution in [0.3, 0.4) is 0 Å². The Hall–Kier alpha value is -2.07. The Morgan fingerprint density at radius 1 is 1.18 bits per heavy atom. The quantitative estimate of drug-likeness (QED) is 0.716. The molecule has 0 saturated heterocycles. The maximum absolute atomic E-state index is 6.18. The van der Waals surface area contributed by atoms with Crippen LogP contribution in [0.4, 0.5) is 5.82 Å². The molecule has 0 aliphatic carbocycles. The average molecular weight is 245 g/mol. The van der Waals surface area contributed by atoms with Crippen molar-refractivity contribution in [1.82, 2.24) is 14.6 Å². The fourth-order valence-electron chi connectivity index (χ4n) is 1.79. The molecule has 0 saturated carbocycles. The molecule has 0 fully saturated rings. The third-order valence-corrected chi connectivity index (χ3v) is 2.86. The smallest absolute Gasteiger partial charge is 0.158 e. The Bertz CT molecular complexity index is 690. The fraction of sp³-hybridized carbons (Fsp3) is 0. The maximum Gasteiger partial charge on any atom is 0.158 e. The molecule has 17 heavy (non-hydrogen) atoms. The van der Waals surface area contributed by atoms with Gasteiger partial charge in [0.15, 0.2) is 5.65 Å². The SMILES string of the molecule is Nc1cc(-c2ccccc2Cl)n2nccc2n1. The number of fused-ring (bicyclic) bond motifs is 1. The number of benzene rings is 1. The number of anilines is 1. The summed E-state index contributed by atoms with van der Waals surface area (Å²) >= 11 is 6.18. The molecule has 1 aromatic carbocycles. The predicted octanol–water partition coefficient (Wildman–Crippen LogP) is 2.63. The van der Waals surface area contributed by atoms with Crippen LogP contribution >= 0.6 is 11.6 Å². The molecule has 0 radical (unpaired) electrons. The van der Waals surface area contributed by atoms with Crippen LogP contribution < -0.4 is 5.73 Å². The first-order chi connectivity index (χ1) is 8.25. The minimum absolute atomic E-state index is 0.452. The van der Waals surface area contributed by atoms with Crippen LogP contribution in [0.15, 0.2) is 42.6 Å². The number of rotatable bonds is 1. The third-order valence-electron chi connectivity index (χ3n) is 2.53. The monoisotopic (exact) mass is 244 g/mol. The van der Waals surface area contributed by atoms with E-state index in [1.54, 1.807) is 22.8 Å². The highest BCUT2D eigenvalue weighted by atomic mass is 35.5. The topological polar surface area (TPSA) is 56.2 Å². The number of nitrogens with two attached hydrogens (primary N) is 1. The molecule has 84 valence electrons. The summed E-state index contributed by atoms with van der Waals surface area (Å²) in [5.74, 6) is 0.452. The molecule has 0 amide bonds. The van der Waals surface area contributed by atoms with Crippen LogP contribution in [0.5, 0.6) is 0 Å². The lowest BCUT2D eigenvalue weighted by Crippen LogP contribution is -2.00. The first-order valence-corrected chi connectivity index (χ1v) is 5.48. The van der Waals surface area contributed by atoms with Crippen molar-refractivity contribution < 1.29 is 0 Å². The summed E-state index contributed by atoms with van der Waals surface area (Å²) < 4.78 is 1.72. The van der Waals surface area contributed by atoms with Crippen LogP contribution in [0.25, 0.3) is 16.9 Å². The summed E-state index contributed by atoms with van der Waals surface area (Å²) in [6, 6.07) is 11.1. The van der Waals surface area contributed by atoms with E-state index in [0.29, 0.717) is 16.5 Å². The highest BCUT2D eigenvalue weighted by molar-refractivity contribution is 6.33. The first kappa shape index (κ1) is 10.1. The zero-order valence-electron chi connectivity index (χ0n) is 8.84. The summed E-state index contributed by atoms with van der Waals surface area (Å²) in [6.45, 7) is 0. The normalized spacial score (nSPS) is 10.9. The average Bonchev–Trinajstić information content (AvgIpc) is 2.76. The second kappa shape index (κ2) is 3.75. The van der Waals surface area contributed by atoms with Gasteiger partial charge >= 0.3 is 0 Å². The molecule has 0 spiro atoms. The van der Waals surface area contributed by atoms with Gasteiger partial charge in [-0.2, -0.15) is 5.10 Å². The molecule has 0 unspecified atom stereocenters. The maximum atomic E-state index is 6.18. The number of nitrogen functional groups attached to an aromatic ring is 1. The van der Waals surface area contributed by atoms with Crippen molar-refractivity contribution in [2.24, 2.45) is 0 Å². The van der Waals surface area contributed by atoms with Gasteiger partial charge in [-0.05, 0) is 6.07 Å². The third kappa shape index (κ3) is 1.62. The van der Waals surface area contributed by atoms with Gasteiger partial charge in [0, 0.05) is 22.7 Å². The number of halogens is 1. The molecule has 4 nitrogen and oxygen atoms in total. The van der Waals surface area contributed by atoms with Gasteiger partial charge in [0.05, 0.1) is 11.9 Å². The molecule has 0 aliphatic heterocycles. The summed E-state index contributed by atoms with van der Waals surface area (Å²) in [5, 5.41) is 4.88. The zero-order chi connectivity index (χ0) is 11.8. The Morgan fingerprint density at radius 3 is 2.82 bits per heavy atom. The van der Waals surface area contributed by atoms with Gasteiger partial charge in [-0.3, -0.25) is 0 Å². The number of hydrogen-bond donors (Lipinski definition) is 1. The molecule has 2 N–H and O–H groups in total. The van der Waals surface area contributed by atoms with Crippen LogP contribution in [0, 0.1) is 0 Å². The van der Waals surface area contributed by atoms with Crippen molar-refractivity contribution in [2.45, 2.75) is 0 Å². The van der Waals surface area contributed by atoms with Gasteiger partial charge in [0.25, 0.3) is 0 Å². The fourth-order valence-corrected chi connectivity index (χ4v) is 2.03. The second-order valence-electron chi connectivity index (χ2n) is 3.65. The van der Waals surface area contributed by atoms with Gasteiger partial charge in [-0.1, -0.05) is 29.8 Å². The van der Waals surface area contributed by atoms with E-state index in [-0.39, 0.29) is 0 Å². The Morgan fingerprint density at radius 2 is 2.00 bits per heavy atom. The molecule has 0 atom stereocenters. The largest absolute Gasteiger partial charge is 0.384 e. The second-order valence-corrected chi connectivity index (χ2v) is 4.05. The molecule has 0 aliphatic rings. The van der Waals surface area contributed by atoms with E-state index in [9.17, 15) is 0 Å². The molecular weight excluding hydrogens is 236 g/mol. The minimum Gasteiger partial charge on any atom is -0.384 e. The first-order valence-electron chi connectivity index (χ1n) is 5.11. The van der Waals surface area contributed by atoms with Gasteiger partial charge in [0.2, 0.25) is 0 Å². The van der Waals surface area contributed by atoms with Crippen molar-refractivity contribution in [3.8, 4) is 11.3 Å². The van der Waals surface area contributed by atoms with Gasteiger partial charge < -0.3 is 5.73 Å². The van der Waals surface area contributed by atoms with E-state index in [4.69, 9.17) is 17.3 Å². The van der Waals surface area contributed by atoms with E-state index in [2.05, 4.69) is 10.1 Å². The van der Waals surface area contributed by atoms with Crippen molar-refractivity contribution in [1.29, 1.82) is 0 Å². The predicted molar refractivity (Wildman–Crippen MR) is 67.8 cm³/mol. The van der Waals surface area contributed by atoms with E-state index >= 15 is 0 Å². The highest BCUT2D eigenvalue weighted by Crippen LogP contribution is 2.28. The van der Waals surface area contributed by atoms with Gasteiger partial charge in [-0.15, -0.1) is 0 Å².